The van der Waals surface area contributed by atoms with Crippen LogP contribution < -0.4 is 5.73 Å². The van der Waals surface area contributed by atoms with Crippen LogP contribution in [-0.4, -0.2) is 70.3 Å². The summed E-state index contributed by atoms with van der Waals surface area (Å²) >= 11 is 0. The van der Waals surface area contributed by atoms with E-state index in [1.165, 1.54) is 12.8 Å². The predicted molar refractivity (Wildman–Crippen MR) is 72.2 cm³/mol. The molecule has 0 aromatic heterocycles. The summed E-state index contributed by atoms with van der Waals surface area (Å²) in [5.74, 6) is 0. The molecule has 1 atom stereocenters. The molecule has 0 aromatic carbocycles. The Kier molecular flexibility index (Phi) is 6.41. The Hall–Kier alpha value is -0.160. The molecule has 0 aromatic rings. The van der Waals surface area contributed by atoms with Crippen molar-refractivity contribution in [2.24, 2.45) is 11.1 Å². The van der Waals surface area contributed by atoms with E-state index in [2.05, 4.69) is 30.9 Å². The lowest BCUT2D eigenvalue weighted by molar-refractivity contribution is -0.0184. The van der Waals surface area contributed by atoms with Gasteiger partial charge in [-0.25, -0.2) is 0 Å². The zero-order valence-corrected chi connectivity index (χ0v) is 11.7. The minimum atomic E-state index is 0.200. The fourth-order valence-corrected chi connectivity index (χ4v) is 2.57. The maximum atomic E-state index is 5.95. The largest absolute Gasteiger partial charge is 0.381 e. The first-order chi connectivity index (χ1) is 8.08. The number of nitrogens with two attached hydrogens (primary N) is 1. The summed E-state index contributed by atoms with van der Waals surface area (Å²) in [6.07, 6.45) is 3.58. The molecule has 1 aliphatic heterocycles. The van der Waals surface area contributed by atoms with Crippen molar-refractivity contribution in [1.82, 2.24) is 9.80 Å². The third-order valence-corrected chi connectivity index (χ3v) is 3.59. The third kappa shape index (κ3) is 5.34. The molecule has 4 heteroatoms. The molecule has 0 aliphatic carbocycles. The molecular formula is C13H29N3O. The molecule has 102 valence electrons. The van der Waals surface area contributed by atoms with Gasteiger partial charge in [-0.3, -0.25) is 0 Å². The summed E-state index contributed by atoms with van der Waals surface area (Å²) < 4.78 is 5.61. The molecule has 0 radical (unpaired) electrons. The average molecular weight is 243 g/mol. The summed E-state index contributed by atoms with van der Waals surface area (Å²) in [7, 11) is 6.44. The van der Waals surface area contributed by atoms with Gasteiger partial charge in [-0.2, -0.15) is 0 Å². The molecule has 0 spiro atoms. The molecular weight excluding hydrogens is 214 g/mol. The Bertz CT molecular complexity index is 203. The second kappa shape index (κ2) is 7.31. The molecule has 1 unspecified atom stereocenters. The molecule has 1 fully saturated rings. The van der Waals surface area contributed by atoms with Crippen molar-refractivity contribution in [2.75, 3.05) is 60.5 Å². The van der Waals surface area contributed by atoms with Gasteiger partial charge in [0, 0.05) is 25.1 Å². The number of hydrogen-bond donors (Lipinski definition) is 1. The first-order valence-electron chi connectivity index (χ1n) is 6.69. The van der Waals surface area contributed by atoms with E-state index in [0.717, 1.165) is 45.8 Å². The summed E-state index contributed by atoms with van der Waals surface area (Å²) in [6, 6.07) is 0. The monoisotopic (exact) mass is 243 g/mol. The molecule has 0 bridgehead atoms. The predicted octanol–water partition coefficient (Wildman–Crippen LogP) is 0.625. The Morgan fingerprint density at radius 2 is 2.00 bits per heavy atom. The second-order valence-electron chi connectivity index (χ2n) is 5.75. The maximum absolute atomic E-state index is 5.95. The molecule has 1 heterocycles. The van der Waals surface area contributed by atoms with E-state index in [1.54, 1.807) is 0 Å². The maximum Gasteiger partial charge on any atom is 0.0546 e. The standard InChI is InChI=1S/C13H29N3O/c1-15(2)7-5-8-16(3)11-13(10-14)6-4-9-17-12-13/h4-12,14H2,1-3H3. The highest BCUT2D eigenvalue weighted by Crippen LogP contribution is 2.28. The van der Waals surface area contributed by atoms with Crippen LogP contribution in [0.3, 0.4) is 0 Å². The number of ether oxygens (including phenoxy) is 1. The van der Waals surface area contributed by atoms with Gasteiger partial charge in [0.25, 0.3) is 0 Å². The molecule has 1 rings (SSSR count). The Morgan fingerprint density at radius 3 is 2.53 bits per heavy atom. The van der Waals surface area contributed by atoms with Gasteiger partial charge in [0.1, 0.15) is 0 Å². The minimum Gasteiger partial charge on any atom is -0.381 e. The van der Waals surface area contributed by atoms with E-state index in [9.17, 15) is 0 Å². The highest BCUT2D eigenvalue weighted by atomic mass is 16.5. The highest BCUT2D eigenvalue weighted by Gasteiger charge is 2.32. The second-order valence-corrected chi connectivity index (χ2v) is 5.75. The molecule has 4 nitrogen and oxygen atoms in total. The minimum absolute atomic E-state index is 0.200. The third-order valence-electron chi connectivity index (χ3n) is 3.59. The van der Waals surface area contributed by atoms with Crippen LogP contribution in [0.2, 0.25) is 0 Å². The van der Waals surface area contributed by atoms with Gasteiger partial charge in [0.05, 0.1) is 6.61 Å². The SMILES string of the molecule is CN(C)CCCN(C)CC1(CN)CCCOC1. The zero-order chi connectivity index (χ0) is 12.7. The zero-order valence-electron chi connectivity index (χ0n) is 11.7. The molecule has 1 aliphatic rings. The van der Waals surface area contributed by atoms with Gasteiger partial charge in [-0.15, -0.1) is 0 Å². The Balaban J connectivity index is 2.29. The summed E-state index contributed by atoms with van der Waals surface area (Å²) in [5.41, 5.74) is 6.15. The number of hydrogen-bond acceptors (Lipinski definition) is 4. The van der Waals surface area contributed by atoms with Crippen LogP contribution >= 0.6 is 0 Å². The van der Waals surface area contributed by atoms with E-state index in [0.29, 0.717) is 0 Å². The average Bonchev–Trinajstić information content (AvgIpc) is 2.29. The van der Waals surface area contributed by atoms with Gasteiger partial charge in [0.15, 0.2) is 0 Å². The van der Waals surface area contributed by atoms with Crippen molar-refractivity contribution in [2.45, 2.75) is 19.3 Å². The first kappa shape index (κ1) is 14.9. The summed E-state index contributed by atoms with van der Waals surface area (Å²) in [4.78, 5) is 4.64. The van der Waals surface area contributed by atoms with Crippen LogP contribution in [0.4, 0.5) is 0 Å². The van der Waals surface area contributed by atoms with E-state index in [1.807, 2.05) is 0 Å². The van der Waals surface area contributed by atoms with Crippen LogP contribution in [-0.2, 0) is 4.74 Å². The molecule has 0 saturated carbocycles. The van der Waals surface area contributed by atoms with Crippen LogP contribution in [0.25, 0.3) is 0 Å². The van der Waals surface area contributed by atoms with Crippen LogP contribution in [0.15, 0.2) is 0 Å². The Labute approximate surface area is 106 Å². The van der Waals surface area contributed by atoms with Gasteiger partial charge in [0.2, 0.25) is 0 Å². The fourth-order valence-electron chi connectivity index (χ4n) is 2.57. The van der Waals surface area contributed by atoms with E-state index < -0.39 is 0 Å². The van der Waals surface area contributed by atoms with E-state index in [4.69, 9.17) is 10.5 Å². The van der Waals surface area contributed by atoms with Crippen LogP contribution in [0, 0.1) is 5.41 Å². The van der Waals surface area contributed by atoms with E-state index in [-0.39, 0.29) is 5.41 Å². The lowest BCUT2D eigenvalue weighted by atomic mass is 9.82. The molecule has 0 amide bonds. The molecule has 2 N–H and O–H groups in total. The van der Waals surface area contributed by atoms with Crippen LogP contribution in [0.1, 0.15) is 19.3 Å². The first-order valence-corrected chi connectivity index (χ1v) is 6.69. The van der Waals surface area contributed by atoms with Crippen molar-refractivity contribution in [3.63, 3.8) is 0 Å². The number of nitrogens with zero attached hydrogens (tertiary/aromatic N) is 2. The summed E-state index contributed by atoms with van der Waals surface area (Å²) in [5, 5.41) is 0. The van der Waals surface area contributed by atoms with Crippen LogP contribution in [0.5, 0.6) is 0 Å². The lowest BCUT2D eigenvalue weighted by Gasteiger charge is -2.39. The topological polar surface area (TPSA) is 41.7 Å². The van der Waals surface area contributed by atoms with Crippen molar-refractivity contribution >= 4 is 0 Å². The highest BCUT2D eigenvalue weighted by molar-refractivity contribution is 4.85. The van der Waals surface area contributed by atoms with Crippen molar-refractivity contribution in [3.05, 3.63) is 0 Å². The summed E-state index contributed by atoms with van der Waals surface area (Å²) in [6.45, 7) is 5.84. The molecule has 17 heavy (non-hydrogen) atoms. The van der Waals surface area contributed by atoms with Crippen molar-refractivity contribution < 1.29 is 4.74 Å². The van der Waals surface area contributed by atoms with Gasteiger partial charge >= 0.3 is 0 Å². The lowest BCUT2D eigenvalue weighted by Crippen LogP contribution is -2.47. The normalized spacial score (nSPS) is 25.8. The molecule has 1 saturated heterocycles. The Morgan fingerprint density at radius 1 is 1.24 bits per heavy atom. The van der Waals surface area contributed by atoms with E-state index >= 15 is 0 Å². The number of rotatable bonds is 7. The quantitative estimate of drug-likeness (QED) is 0.712. The van der Waals surface area contributed by atoms with Crippen molar-refractivity contribution in [3.8, 4) is 0 Å². The van der Waals surface area contributed by atoms with Gasteiger partial charge in [-0.05, 0) is 53.5 Å². The van der Waals surface area contributed by atoms with Gasteiger partial charge < -0.3 is 20.3 Å². The van der Waals surface area contributed by atoms with Crippen molar-refractivity contribution in [1.29, 1.82) is 0 Å². The smallest absolute Gasteiger partial charge is 0.0546 e. The fraction of sp³-hybridized carbons (Fsp3) is 1.00. The van der Waals surface area contributed by atoms with Gasteiger partial charge in [-0.1, -0.05) is 0 Å².